The summed E-state index contributed by atoms with van der Waals surface area (Å²) in [5.41, 5.74) is -0.920. The Balaban J connectivity index is 1.76. The lowest BCUT2D eigenvalue weighted by molar-refractivity contribution is -0.137. The molecule has 0 amide bonds. The van der Waals surface area contributed by atoms with Crippen molar-refractivity contribution in [3.8, 4) is 11.3 Å². The number of alkyl halides is 3. The molecule has 12 heteroatoms. The SMILES string of the molecule is C[C@@H]1CCCN1Cc1sc(Nc2ncnc(Cl)c2F)nc1-c1cc(F)cc(C(F)(F)F)c1. The molecule has 32 heavy (non-hydrogen) atoms. The van der Waals surface area contributed by atoms with E-state index in [0.717, 1.165) is 49.2 Å². The summed E-state index contributed by atoms with van der Waals surface area (Å²) < 4.78 is 68.0. The van der Waals surface area contributed by atoms with Crippen molar-refractivity contribution in [3.05, 3.63) is 51.8 Å². The van der Waals surface area contributed by atoms with Gasteiger partial charge in [0.15, 0.2) is 16.1 Å². The van der Waals surface area contributed by atoms with E-state index in [4.69, 9.17) is 11.6 Å². The zero-order valence-corrected chi connectivity index (χ0v) is 18.3. The third kappa shape index (κ3) is 4.84. The zero-order chi connectivity index (χ0) is 23.0. The molecule has 1 saturated heterocycles. The Bertz CT molecular complexity index is 1140. The molecule has 5 nitrogen and oxygen atoms in total. The predicted octanol–water partition coefficient (Wildman–Crippen LogP) is 6.28. The number of halogens is 6. The molecule has 1 aliphatic rings. The van der Waals surface area contributed by atoms with Crippen molar-refractivity contribution in [1.82, 2.24) is 19.9 Å². The summed E-state index contributed by atoms with van der Waals surface area (Å²) in [6.07, 6.45) is -1.64. The number of aromatic nitrogens is 3. The van der Waals surface area contributed by atoms with Gasteiger partial charge in [-0.25, -0.2) is 19.3 Å². The van der Waals surface area contributed by atoms with Gasteiger partial charge in [0.2, 0.25) is 5.82 Å². The van der Waals surface area contributed by atoms with Crippen LogP contribution >= 0.6 is 22.9 Å². The molecule has 0 unspecified atom stereocenters. The first kappa shape index (κ1) is 22.8. The van der Waals surface area contributed by atoms with Crippen LogP contribution in [0.5, 0.6) is 0 Å². The molecule has 1 aliphatic heterocycles. The topological polar surface area (TPSA) is 53.9 Å². The average molecular weight is 490 g/mol. The number of nitrogens with zero attached hydrogens (tertiary/aromatic N) is 4. The van der Waals surface area contributed by atoms with Crippen LogP contribution in [0.15, 0.2) is 24.5 Å². The summed E-state index contributed by atoms with van der Waals surface area (Å²) in [5.74, 6) is -2.13. The second kappa shape index (κ2) is 8.87. The van der Waals surface area contributed by atoms with Gasteiger partial charge >= 0.3 is 6.18 Å². The van der Waals surface area contributed by atoms with Gasteiger partial charge in [0, 0.05) is 23.0 Å². The quantitative estimate of drug-likeness (QED) is 0.338. The third-order valence-corrected chi connectivity index (χ3v) is 6.42. The van der Waals surface area contributed by atoms with Crippen LogP contribution in [0.4, 0.5) is 32.9 Å². The molecule has 3 heterocycles. The molecule has 0 spiro atoms. The minimum atomic E-state index is -4.71. The fourth-order valence-electron chi connectivity index (χ4n) is 3.58. The smallest absolute Gasteiger partial charge is 0.314 e. The molecule has 1 atom stereocenters. The molecular formula is C20H17ClF5N5S. The molecular weight excluding hydrogens is 473 g/mol. The lowest BCUT2D eigenvalue weighted by atomic mass is 10.1. The molecule has 1 fully saturated rings. The number of benzene rings is 1. The number of hydrogen-bond donors (Lipinski definition) is 1. The molecule has 0 radical (unpaired) electrons. The van der Waals surface area contributed by atoms with Crippen molar-refractivity contribution < 1.29 is 22.0 Å². The van der Waals surface area contributed by atoms with Gasteiger partial charge in [-0.15, -0.1) is 0 Å². The van der Waals surface area contributed by atoms with E-state index in [-0.39, 0.29) is 33.4 Å². The normalized spacial score (nSPS) is 17.2. The van der Waals surface area contributed by atoms with Crippen LogP contribution in [-0.2, 0) is 12.7 Å². The van der Waals surface area contributed by atoms with Gasteiger partial charge in [-0.1, -0.05) is 22.9 Å². The van der Waals surface area contributed by atoms with E-state index in [2.05, 4.69) is 32.1 Å². The Morgan fingerprint density at radius 1 is 1.22 bits per heavy atom. The van der Waals surface area contributed by atoms with E-state index in [1.54, 1.807) is 0 Å². The minimum absolute atomic E-state index is 0.00957. The summed E-state index contributed by atoms with van der Waals surface area (Å²) in [7, 11) is 0. The predicted molar refractivity (Wildman–Crippen MR) is 112 cm³/mol. The van der Waals surface area contributed by atoms with E-state index in [9.17, 15) is 22.0 Å². The highest BCUT2D eigenvalue weighted by Gasteiger charge is 2.32. The third-order valence-electron chi connectivity index (χ3n) is 5.21. The summed E-state index contributed by atoms with van der Waals surface area (Å²) in [6.45, 7) is 3.31. The summed E-state index contributed by atoms with van der Waals surface area (Å²) in [6, 6.07) is 2.60. The summed E-state index contributed by atoms with van der Waals surface area (Å²) in [4.78, 5) is 14.5. The molecule has 2 aromatic heterocycles. The number of nitrogens with one attached hydrogen (secondary N) is 1. The van der Waals surface area contributed by atoms with Crippen molar-refractivity contribution in [2.75, 3.05) is 11.9 Å². The summed E-state index contributed by atoms with van der Waals surface area (Å²) >= 11 is 6.82. The number of hydrogen-bond acceptors (Lipinski definition) is 6. The van der Waals surface area contributed by atoms with E-state index in [1.807, 2.05) is 0 Å². The van der Waals surface area contributed by atoms with Crippen LogP contribution in [0.3, 0.4) is 0 Å². The van der Waals surface area contributed by atoms with Gasteiger partial charge in [0.05, 0.1) is 11.3 Å². The first-order chi connectivity index (χ1) is 15.1. The Kier molecular flexibility index (Phi) is 6.33. The number of rotatable bonds is 5. The maximum absolute atomic E-state index is 14.2. The van der Waals surface area contributed by atoms with E-state index in [1.165, 1.54) is 0 Å². The lowest BCUT2D eigenvalue weighted by Gasteiger charge is -2.20. The van der Waals surface area contributed by atoms with E-state index < -0.39 is 23.4 Å². The first-order valence-corrected chi connectivity index (χ1v) is 10.9. The fraction of sp³-hybridized carbons (Fsp3) is 0.350. The number of anilines is 2. The molecule has 0 aliphatic carbocycles. The van der Waals surface area contributed by atoms with Gasteiger partial charge < -0.3 is 5.32 Å². The average Bonchev–Trinajstić information content (AvgIpc) is 3.31. The van der Waals surface area contributed by atoms with Crippen LogP contribution in [-0.4, -0.2) is 32.4 Å². The van der Waals surface area contributed by atoms with Crippen LogP contribution in [0.25, 0.3) is 11.3 Å². The largest absolute Gasteiger partial charge is 0.416 e. The van der Waals surface area contributed by atoms with Gasteiger partial charge in [-0.2, -0.15) is 17.6 Å². The fourth-order valence-corrected chi connectivity index (χ4v) is 4.72. The highest BCUT2D eigenvalue weighted by Crippen LogP contribution is 2.38. The Morgan fingerprint density at radius 2 is 2.00 bits per heavy atom. The Morgan fingerprint density at radius 3 is 2.69 bits per heavy atom. The van der Waals surface area contributed by atoms with Crippen molar-refractivity contribution in [1.29, 1.82) is 0 Å². The maximum Gasteiger partial charge on any atom is 0.416 e. The van der Waals surface area contributed by atoms with Gasteiger partial charge in [-0.3, -0.25) is 4.90 Å². The van der Waals surface area contributed by atoms with Gasteiger partial charge in [0.25, 0.3) is 0 Å². The second-order valence-corrected chi connectivity index (χ2v) is 8.87. The molecule has 1 aromatic carbocycles. The number of likely N-dealkylation sites (tertiary alicyclic amines) is 1. The highest BCUT2D eigenvalue weighted by molar-refractivity contribution is 7.16. The monoisotopic (exact) mass is 489 g/mol. The standard InChI is InChI=1S/C20H17ClF5N5S/c1-10-3-2-4-31(10)8-14-16(11-5-12(20(24,25)26)7-13(22)6-11)29-19(32-14)30-18-15(23)17(21)27-9-28-18/h5-7,9-10H,2-4,8H2,1H3,(H,27,28,29,30)/t10-/m1/s1. The molecule has 1 N–H and O–H groups in total. The molecule has 170 valence electrons. The Hall–Kier alpha value is -2.37. The van der Waals surface area contributed by atoms with Crippen molar-refractivity contribution in [2.24, 2.45) is 0 Å². The van der Waals surface area contributed by atoms with Gasteiger partial charge in [0.1, 0.15) is 12.1 Å². The van der Waals surface area contributed by atoms with Crippen LogP contribution < -0.4 is 5.32 Å². The highest BCUT2D eigenvalue weighted by atomic mass is 35.5. The molecule has 3 aromatic rings. The molecule has 0 saturated carbocycles. The first-order valence-electron chi connectivity index (χ1n) is 9.66. The number of thiazole rings is 1. The van der Waals surface area contributed by atoms with E-state index in [0.29, 0.717) is 17.5 Å². The lowest BCUT2D eigenvalue weighted by Crippen LogP contribution is -2.25. The van der Waals surface area contributed by atoms with Crippen LogP contribution in [0, 0.1) is 11.6 Å². The Labute approximate surface area is 189 Å². The van der Waals surface area contributed by atoms with E-state index >= 15 is 0 Å². The minimum Gasteiger partial charge on any atom is -0.314 e. The zero-order valence-electron chi connectivity index (χ0n) is 16.7. The molecule has 0 bridgehead atoms. The van der Waals surface area contributed by atoms with Gasteiger partial charge in [-0.05, 0) is 44.5 Å². The molecule has 4 rings (SSSR count). The second-order valence-electron chi connectivity index (χ2n) is 7.43. The van der Waals surface area contributed by atoms with Crippen molar-refractivity contribution >= 4 is 33.9 Å². The van der Waals surface area contributed by atoms with Crippen LogP contribution in [0.2, 0.25) is 5.15 Å². The maximum atomic E-state index is 14.2. The van der Waals surface area contributed by atoms with Crippen molar-refractivity contribution in [3.63, 3.8) is 0 Å². The van der Waals surface area contributed by atoms with Crippen molar-refractivity contribution in [2.45, 2.75) is 38.5 Å². The van der Waals surface area contributed by atoms with Crippen LogP contribution in [0.1, 0.15) is 30.2 Å². The summed E-state index contributed by atoms with van der Waals surface area (Å²) in [5, 5.41) is 2.51.